The summed E-state index contributed by atoms with van der Waals surface area (Å²) in [4.78, 5) is 7.57. The zero-order valence-corrected chi connectivity index (χ0v) is 13.8. The van der Waals surface area contributed by atoms with Gasteiger partial charge in [0, 0.05) is 26.9 Å². The van der Waals surface area contributed by atoms with Gasteiger partial charge in [-0.2, -0.15) is 0 Å². The van der Waals surface area contributed by atoms with E-state index in [0.29, 0.717) is 16.0 Å². The molecule has 0 saturated carbocycles. The van der Waals surface area contributed by atoms with E-state index in [2.05, 4.69) is 31.2 Å². The van der Waals surface area contributed by atoms with E-state index in [1.165, 1.54) is 0 Å². The van der Waals surface area contributed by atoms with Gasteiger partial charge in [-0.15, -0.1) is 0 Å². The number of hydrogen-bond acceptors (Lipinski definition) is 2. The van der Waals surface area contributed by atoms with Crippen LogP contribution in [-0.2, 0) is 0 Å². The van der Waals surface area contributed by atoms with Crippen molar-refractivity contribution < 1.29 is 0 Å². The van der Waals surface area contributed by atoms with E-state index in [0.717, 1.165) is 21.4 Å². The highest BCUT2D eigenvalue weighted by atomic mass is 79.9. The van der Waals surface area contributed by atoms with Crippen molar-refractivity contribution in [2.75, 3.05) is 5.32 Å². The van der Waals surface area contributed by atoms with Crippen LogP contribution in [0.1, 0.15) is 0 Å². The van der Waals surface area contributed by atoms with Crippen LogP contribution in [0.15, 0.2) is 53.1 Å². The van der Waals surface area contributed by atoms with Crippen molar-refractivity contribution in [1.82, 2.24) is 9.97 Å². The Morgan fingerprint density at radius 1 is 1.05 bits per heavy atom. The summed E-state index contributed by atoms with van der Waals surface area (Å²) in [6, 6.07) is 13.2. The fourth-order valence-electron chi connectivity index (χ4n) is 1.89. The molecule has 1 heterocycles. The van der Waals surface area contributed by atoms with Crippen LogP contribution < -0.4 is 5.32 Å². The lowest BCUT2D eigenvalue weighted by Gasteiger charge is -2.03. The summed E-state index contributed by atoms with van der Waals surface area (Å²) in [7, 11) is 0. The number of aromatic nitrogens is 2. The second kappa shape index (κ2) is 6.10. The summed E-state index contributed by atoms with van der Waals surface area (Å²) in [5.41, 5.74) is 2.54. The number of hydrogen-bond donors (Lipinski definition) is 2. The van der Waals surface area contributed by atoms with Crippen molar-refractivity contribution in [3.8, 4) is 11.3 Å². The summed E-state index contributed by atoms with van der Waals surface area (Å²) >= 11 is 15.5. The molecule has 106 valence electrons. The Balaban J connectivity index is 1.84. The summed E-state index contributed by atoms with van der Waals surface area (Å²) in [5, 5.41) is 4.37. The first-order chi connectivity index (χ1) is 10.1. The Morgan fingerprint density at radius 3 is 2.52 bits per heavy atom. The lowest BCUT2D eigenvalue weighted by molar-refractivity contribution is 1.29. The Kier molecular flexibility index (Phi) is 4.19. The van der Waals surface area contributed by atoms with Crippen molar-refractivity contribution in [3.63, 3.8) is 0 Å². The van der Waals surface area contributed by atoms with Gasteiger partial charge in [0.1, 0.15) is 0 Å². The van der Waals surface area contributed by atoms with Gasteiger partial charge in [0.25, 0.3) is 0 Å². The Bertz CT molecular complexity index is 769. The highest BCUT2D eigenvalue weighted by Crippen LogP contribution is 2.30. The van der Waals surface area contributed by atoms with Crippen LogP contribution >= 0.6 is 39.1 Å². The van der Waals surface area contributed by atoms with E-state index >= 15 is 0 Å². The van der Waals surface area contributed by atoms with Crippen LogP contribution in [0.25, 0.3) is 11.3 Å². The van der Waals surface area contributed by atoms with Crippen molar-refractivity contribution >= 4 is 50.8 Å². The smallest absolute Gasteiger partial charge is 0.205 e. The molecular weight excluding hydrogens is 373 g/mol. The van der Waals surface area contributed by atoms with E-state index in [4.69, 9.17) is 23.2 Å². The van der Waals surface area contributed by atoms with Crippen molar-refractivity contribution in [2.45, 2.75) is 0 Å². The van der Waals surface area contributed by atoms with Gasteiger partial charge in [-0.25, -0.2) is 4.98 Å². The van der Waals surface area contributed by atoms with Crippen molar-refractivity contribution in [3.05, 3.63) is 63.2 Å². The van der Waals surface area contributed by atoms with Crippen LogP contribution in [0, 0.1) is 0 Å². The number of H-pyrrole nitrogens is 1. The molecule has 0 aliphatic carbocycles. The highest BCUT2D eigenvalue weighted by Gasteiger charge is 2.08. The van der Waals surface area contributed by atoms with E-state index in [-0.39, 0.29) is 0 Å². The fraction of sp³-hybridized carbons (Fsp3) is 0. The van der Waals surface area contributed by atoms with E-state index < -0.39 is 0 Å². The standard InChI is InChI=1S/C15H10BrCl2N3/c16-9-1-4-11(5-2-9)20-15-19-8-14(21-15)12-6-3-10(17)7-13(12)18/h1-8H,(H2,19,20,21). The predicted octanol–water partition coefficient (Wildman–Crippen LogP) is 5.89. The zero-order valence-electron chi connectivity index (χ0n) is 10.7. The first-order valence-electron chi connectivity index (χ1n) is 6.15. The van der Waals surface area contributed by atoms with Gasteiger partial charge in [0.05, 0.1) is 10.7 Å². The number of halogens is 3. The molecule has 0 bridgehead atoms. The lowest BCUT2D eigenvalue weighted by Crippen LogP contribution is -1.91. The highest BCUT2D eigenvalue weighted by molar-refractivity contribution is 9.10. The largest absolute Gasteiger partial charge is 0.330 e. The van der Waals surface area contributed by atoms with Gasteiger partial charge in [-0.05, 0) is 42.5 Å². The first kappa shape index (κ1) is 14.4. The molecule has 0 fully saturated rings. The maximum Gasteiger partial charge on any atom is 0.205 e. The van der Waals surface area contributed by atoms with Crippen LogP contribution in [0.3, 0.4) is 0 Å². The number of nitrogens with one attached hydrogen (secondary N) is 2. The summed E-state index contributed by atoms with van der Waals surface area (Å²) in [6.07, 6.45) is 1.80. The first-order valence-corrected chi connectivity index (χ1v) is 7.70. The normalized spacial score (nSPS) is 10.6. The number of aromatic amines is 1. The number of nitrogens with zero attached hydrogens (tertiary/aromatic N) is 1. The molecule has 0 amide bonds. The van der Waals surface area contributed by atoms with Gasteiger partial charge in [0.2, 0.25) is 5.95 Å². The third-order valence-corrected chi connectivity index (χ3v) is 3.97. The van der Waals surface area contributed by atoms with Crippen LogP contribution in [0.2, 0.25) is 10.0 Å². The molecule has 3 nitrogen and oxygen atoms in total. The molecule has 0 saturated heterocycles. The Hall–Kier alpha value is -1.49. The summed E-state index contributed by atoms with van der Waals surface area (Å²) < 4.78 is 1.03. The molecule has 2 aromatic carbocycles. The van der Waals surface area contributed by atoms with Crippen molar-refractivity contribution in [1.29, 1.82) is 0 Å². The molecular formula is C15H10BrCl2N3. The predicted molar refractivity (Wildman–Crippen MR) is 91.5 cm³/mol. The molecule has 3 aromatic rings. The molecule has 2 N–H and O–H groups in total. The molecule has 3 rings (SSSR count). The third-order valence-electron chi connectivity index (χ3n) is 2.89. The fourth-order valence-corrected chi connectivity index (χ4v) is 2.66. The second-order valence-electron chi connectivity index (χ2n) is 4.39. The van der Waals surface area contributed by atoms with E-state index in [1.54, 1.807) is 18.3 Å². The molecule has 21 heavy (non-hydrogen) atoms. The Morgan fingerprint density at radius 2 is 1.81 bits per heavy atom. The van der Waals surface area contributed by atoms with Crippen LogP contribution in [0.4, 0.5) is 11.6 Å². The van der Waals surface area contributed by atoms with Crippen LogP contribution in [0.5, 0.6) is 0 Å². The minimum atomic E-state index is 0.573. The monoisotopic (exact) mass is 381 g/mol. The van der Waals surface area contributed by atoms with Gasteiger partial charge < -0.3 is 10.3 Å². The lowest BCUT2D eigenvalue weighted by atomic mass is 10.2. The SMILES string of the molecule is Clc1ccc(-c2c[nH]c(Nc3ccc(Br)cc3)n2)c(Cl)c1. The van der Waals surface area contributed by atoms with E-state index in [1.807, 2.05) is 30.3 Å². The molecule has 0 atom stereocenters. The molecule has 0 spiro atoms. The summed E-state index contributed by atoms with van der Waals surface area (Å²) in [5.74, 6) is 0.651. The van der Waals surface area contributed by atoms with Gasteiger partial charge >= 0.3 is 0 Å². The maximum atomic E-state index is 6.19. The maximum absolute atomic E-state index is 6.19. The third kappa shape index (κ3) is 3.40. The molecule has 1 aromatic heterocycles. The molecule has 6 heteroatoms. The number of benzene rings is 2. The minimum absolute atomic E-state index is 0.573. The minimum Gasteiger partial charge on any atom is -0.330 e. The molecule has 0 radical (unpaired) electrons. The zero-order chi connectivity index (χ0) is 14.8. The average molecular weight is 383 g/mol. The second-order valence-corrected chi connectivity index (χ2v) is 6.15. The quantitative estimate of drug-likeness (QED) is 0.592. The Labute approximate surface area is 140 Å². The number of rotatable bonds is 3. The van der Waals surface area contributed by atoms with Gasteiger partial charge in [-0.3, -0.25) is 0 Å². The topological polar surface area (TPSA) is 40.7 Å². The summed E-state index contributed by atoms with van der Waals surface area (Å²) in [6.45, 7) is 0. The average Bonchev–Trinajstić information content (AvgIpc) is 2.90. The molecule has 0 unspecified atom stereocenters. The van der Waals surface area contributed by atoms with Crippen molar-refractivity contribution in [2.24, 2.45) is 0 Å². The van der Waals surface area contributed by atoms with E-state index in [9.17, 15) is 0 Å². The number of anilines is 2. The molecule has 0 aliphatic heterocycles. The van der Waals surface area contributed by atoms with Gasteiger partial charge in [-0.1, -0.05) is 39.1 Å². The van der Waals surface area contributed by atoms with Gasteiger partial charge in [0.15, 0.2) is 0 Å². The molecule has 0 aliphatic rings. The van der Waals surface area contributed by atoms with Crippen LogP contribution in [-0.4, -0.2) is 9.97 Å². The number of imidazole rings is 1.